The van der Waals surface area contributed by atoms with E-state index in [1.54, 1.807) is 19.1 Å². The highest BCUT2D eigenvalue weighted by Crippen LogP contribution is 2.17. The van der Waals surface area contributed by atoms with Crippen molar-refractivity contribution in [2.24, 2.45) is 4.99 Å². The summed E-state index contributed by atoms with van der Waals surface area (Å²) in [6, 6.07) is 12.9. The minimum absolute atomic E-state index is 0.359. The average Bonchev–Trinajstić information content (AvgIpc) is 2.57. The van der Waals surface area contributed by atoms with Gasteiger partial charge in [0, 0.05) is 24.4 Å². The van der Waals surface area contributed by atoms with Gasteiger partial charge in [-0.25, -0.2) is 13.4 Å². The van der Waals surface area contributed by atoms with Crippen molar-refractivity contribution in [3.63, 3.8) is 0 Å². The number of sulfone groups is 1. The van der Waals surface area contributed by atoms with Crippen molar-refractivity contribution in [1.82, 2.24) is 10.6 Å². The Hall–Kier alpha value is -2.05. The first-order chi connectivity index (χ1) is 12.3. The van der Waals surface area contributed by atoms with Crippen molar-refractivity contribution in [2.45, 2.75) is 31.8 Å². The fourth-order valence-electron chi connectivity index (χ4n) is 2.53. The first-order valence-electron chi connectivity index (χ1n) is 8.36. The summed E-state index contributed by atoms with van der Waals surface area (Å²) in [7, 11) is -3.20. The molecule has 0 saturated heterocycles. The largest absolute Gasteiger partial charge is 0.357 e. The third kappa shape index (κ3) is 6.04. The molecule has 0 saturated carbocycles. The van der Waals surface area contributed by atoms with Crippen LogP contribution in [0.3, 0.4) is 0 Å². The summed E-state index contributed by atoms with van der Waals surface area (Å²) in [4.78, 5) is 4.93. The second-order valence-electron chi connectivity index (χ2n) is 6.05. The number of guanidine groups is 1. The Balaban J connectivity index is 2.06. The highest BCUT2D eigenvalue weighted by molar-refractivity contribution is 7.90. The Bertz CT molecular complexity index is 878. The molecule has 0 atom stereocenters. The number of hydrogen-bond donors (Lipinski definition) is 2. The Kier molecular flexibility index (Phi) is 7.06. The zero-order chi connectivity index (χ0) is 19.2. The number of nitrogens with one attached hydrogen (secondary N) is 2. The van der Waals surface area contributed by atoms with Crippen LogP contribution in [-0.2, 0) is 22.9 Å². The molecule has 0 aliphatic heterocycles. The number of aryl methyl sites for hydroxylation is 1. The molecule has 26 heavy (non-hydrogen) atoms. The molecule has 0 aromatic heterocycles. The van der Waals surface area contributed by atoms with Crippen LogP contribution in [0.2, 0.25) is 5.02 Å². The molecular formula is C19H24ClN3O2S. The maximum absolute atomic E-state index is 11.7. The van der Waals surface area contributed by atoms with E-state index >= 15 is 0 Å². The van der Waals surface area contributed by atoms with E-state index in [4.69, 9.17) is 11.6 Å². The van der Waals surface area contributed by atoms with Gasteiger partial charge < -0.3 is 10.6 Å². The van der Waals surface area contributed by atoms with Crippen molar-refractivity contribution >= 4 is 27.4 Å². The van der Waals surface area contributed by atoms with Crippen molar-refractivity contribution in [3.05, 3.63) is 64.2 Å². The molecule has 2 N–H and O–H groups in total. The minimum Gasteiger partial charge on any atom is -0.357 e. The van der Waals surface area contributed by atoms with Crippen LogP contribution >= 0.6 is 11.6 Å². The lowest BCUT2D eigenvalue weighted by Gasteiger charge is -2.12. The zero-order valence-electron chi connectivity index (χ0n) is 15.2. The number of nitrogens with zero attached hydrogens (tertiary/aromatic N) is 1. The maximum atomic E-state index is 11.7. The number of hydrogen-bond acceptors (Lipinski definition) is 3. The molecule has 0 aliphatic carbocycles. The van der Waals surface area contributed by atoms with Crippen LogP contribution in [0.25, 0.3) is 0 Å². The lowest BCUT2D eigenvalue weighted by molar-refractivity contribution is 0.601. The molecule has 0 amide bonds. The van der Waals surface area contributed by atoms with Crippen molar-refractivity contribution in [3.8, 4) is 0 Å². The minimum atomic E-state index is -3.20. The lowest BCUT2D eigenvalue weighted by atomic mass is 10.1. The third-order valence-corrected chi connectivity index (χ3v) is 5.28. The number of rotatable bonds is 6. The topological polar surface area (TPSA) is 70.6 Å². The lowest BCUT2D eigenvalue weighted by Crippen LogP contribution is -2.36. The number of benzene rings is 2. The van der Waals surface area contributed by atoms with E-state index in [0.29, 0.717) is 29.0 Å². The van der Waals surface area contributed by atoms with E-state index in [0.717, 1.165) is 23.2 Å². The predicted octanol–water partition coefficient (Wildman–Crippen LogP) is 3.31. The monoisotopic (exact) mass is 393 g/mol. The Morgan fingerprint density at radius 1 is 1.08 bits per heavy atom. The summed E-state index contributed by atoms with van der Waals surface area (Å²) < 4.78 is 23.4. The van der Waals surface area contributed by atoms with Gasteiger partial charge in [-0.15, -0.1) is 0 Å². The van der Waals surface area contributed by atoms with Gasteiger partial charge >= 0.3 is 0 Å². The van der Waals surface area contributed by atoms with Gasteiger partial charge in [-0.05, 0) is 48.7 Å². The molecule has 0 aliphatic rings. The molecule has 0 spiro atoms. The summed E-state index contributed by atoms with van der Waals surface area (Å²) in [6.45, 7) is 5.65. The Morgan fingerprint density at radius 2 is 1.73 bits per heavy atom. The maximum Gasteiger partial charge on any atom is 0.191 e. The smallest absolute Gasteiger partial charge is 0.191 e. The van der Waals surface area contributed by atoms with Crippen LogP contribution < -0.4 is 10.6 Å². The molecule has 5 nitrogen and oxygen atoms in total. The molecule has 140 valence electrons. The summed E-state index contributed by atoms with van der Waals surface area (Å²) in [6.07, 6.45) is 1.22. The molecule has 0 heterocycles. The normalized spacial score (nSPS) is 12.1. The van der Waals surface area contributed by atoms with Gasteiger partial charge in [0.05, 0.1) is 11.4 Å². The van der Waals surface area contributed by atoms with Crippen molar-refractivity contribution < 1.29 is 8.42 Å². The number of halogens is 1. The standard InChI is InChI=1S/C19H24ClN3O2S/c1-4-21-19(22-12-15-5-8-17(20)9-6-15)23-13-16-7-10-18(14(2)11-16)26(3,24)25/h5-11H,4,12-13H2,1-3H3,(H2,21,22,23). The van der Waals surface area contributed by atoms with Crippen LogP contribution in [0.1, 0.15) is 23.6 Å². The van der Waals surface area contributed by atoms with Crippen LogP contribution in [-0.4, -0.2) is 27.2 Å². The third-order valence-electron chi connectivity index (χ3n) is 3.78. The summed E-state index contributed by atoms with van der Waals surface area (Å²) in [5.74, 6) is 0.701. The van der Waals surface area contributed by atoms with Crippen LogP contribution in [0.15, 0.2) is 52.4 Å². The van der Waals surface area contributed by atoms with Crippen LogP contribution in [0.4, 0.5) is 0 Å². The SMILES string of the molecule is CCNC(=NCc1ccc(S(C)(=O)=O)c(C)c1)NCc1ccc(Cl)cc1. The molecule has 0 bridgehead atoms. The summed E-state index contributed by atoms with van der Waals surface area (Å²) >= 11 is 5.90. The zero-order valence-corrected chi connectivity index (χ0v) is 16.8. The molecule has 2 rings (SSSR count). The quantitative estimate of drug-likeness (QED) is 0.583. The molecule has 0 unspecified atom stereocenters. The predicted molar refractivity (Wildman–Crippen MR) is 107 cm³/mol. The van der Waals surface area contributed by atoms with Crippen LogP contribution in [0, 0.1) is 6.92 Å². The van der Waals surface area contributed by atoms with Gasteiger partial charge in [0.25, 0.3) is 0 Å². The first-order valence-corrected chi connectivity index (χ1v) is 10.6. The highest BCUT2D eigenvalue weighted by atomic mass is 35.5. The summed E-state index contributed by atoms with van der Waals surface area (Å²) in [5.41, 5.74) is 2.80. The average molecular weight is 394 g/mol. The Morgan fingerprint density at radius 3 is 2.31 bits per heavy atom. The molecule has 2 aromatic rings. The molecule has 0 radical (unpaired) electrons. The second-order valence-corrected chi connectivity index (χ2v) is 8.47. The molecule has 0 fully saturated rings. The van der Waals surface area contributed by atoms with E-state index in [1.807, 2.05) is 37.3 Å². The van der Waals surface area contributed by atoms with E-state index in [2.05, 4.69) is 15.6 Å². The second kappa shape index (κ2) is 9.05. The van der Waals surface area contributed by atoms with Crippen molar-refractivity contribution in [1.29, 1.82) is 0 Å². The van der Waals surface area contributed by atoms with Gasteiger partial charge in [-0.3, -0.25) is 0 Å². The van der Waals surface area contributed by atoms with Gasteiger partial charge in [0.1, 0.15) is 0 Å². The van der Waals surface area contributed by atoms with Crippen molar-refractivity contribution in [2.75, 3.05) is 12.8 Å². The van der Waals surface area contributed by atoms with Gasteiger partial charge in [0.15, 0.2) is 15.8 Å². The molecule has 2 aromatic carbocycles. The fourth-order valence-corrected chi connectivity index (χ4v) is 3.61. The summed E-state index contributed by atoms with van der Waals surface area (Å²) in [5, 5.41) is 7.19. The van der Waals surface area contributed by atoms with E-state index < -0.39 is 9.84 Å². The highest BCUT2D eigenvalue weighted by Gasteiger charge is 2.10. The molecule has 7 heteroatoms. The van der Waals surface area contributed by atoms with E-state index in [-0.39, 0.29) is 0 Å². The van der Waals surface area contributed by atoms with Crippen LogP contribution in [0.5, 0.6) is 0 Å². The van der Waals surface area contributed by atoms with E-state index in [9.17, 15) is 8.42 Å². The van der Waals surface area contributed by atoms with Gasteiger partial charge in [0.2, 0.25) is 0 Å². The first kappa shape index (κ1) is 20.3. The Labute approximate surface area is 160 Å². The van der Waals surface area contributed by atoms with Gasteiger partial charge in [-0.2, -0.15) is 0 Å². The number of aliphatic imine (C=N–C) groups is 1. The fraction of sp³-hybridized carbons (Fsp3) is 0.316. The van der Waals surface area contributed by atoms with Gasteiger partial charge in [-0.1, -0.05) is 35.9 Å². The van der Waals surface area contributed by atoms with E-state index in [1.165, 1.54) is 6.26 Å². The molecular weight excluding hydrogens is 370 g/mol.